The van der Waals surface area contributed by atoms with Gasteiger partial charge in [-0.2, -0.15) is 10.4 Å². The van der Waals surface area contributed by atoms with Gasteiger partial charge in [-0.15, -0.1) is 0 Å². The van der Waals surface area contributed by atoms with E-state index in [1.54, 1.807) is 19.3 Å². The van der Waals surface area contributed by atoms with Gasteiger partial charge in [0, 0.05) is 24.1 Å². The van der Waals surface area contributed by atoms with Crippen LogP contribution in [0.2, 0.25) is 5.02 Å². The number of fused-ring (bicyclic) bond motifs is 1. The van der Waals surface area contributed by atoms with Crippen LogP contribution in [-0.4, -0.2) is 20.9 Å². The van der Waals surface area contributed by atoms with Crippen molar-refractivity contribution in [3.63, 3.8) is 0 Å². The molecule has 2 N–H and O–H groups in total. The Kier molecular flexibility index (Phi) is 4.53. The fourth-order valence-corrected chi connectivity index (χ4v) is 3.84. The minimum atomic E-state index is -0.679. The summed E-state index contributed by atoms with van der Waals surface area (Å²) in [7, 11) is 1.70. The highest BCUT2D eigenvalue weighted by molar-refractivity contribution is 6.31. The third kappa shape index (κ3) is 3.35. The van der Waals surface area contributed by atoms with Crippen LogP contribution in [0.5, 0.6) is 5.75 Å². The van der Waals surface area contributed by atoms with Gasteiger partial charge >= 0.3 is 0 Å². The van der Waals surface area contributed by atoms with Crippen LogP contribution in [0.25, 0.3) is 33.3 Å². The summed E-state index contributed by atoms with van der Waals surface area (Å²) >= 11 is 6.20. The molecule has 0 bridgehead atoms. The molecule has 154 valence electrons. The van der Waals surface area contributed by atoms with Gasteiger partial charge in [0.25, 0.3) is 0 Å². The number of halogens is 2. The molecule has 2 aromatic heterocycles. The number of hydrogen-bond donors (Lipinski definition) is 1. The molecule has 0 radical (unpaired) electrons. The lowest BCUT2D eigenvalue weighted by Crippen LogP contribution is -2.04. The SMILES string of the molecule is Cn1ncc(-c2ccc3nc(N)ccc3c2)c1-c1c(F)c(Cl)cc(OC2CC2)c1C#N. The predicted molar refractivity (Wildman–Crippen MR) is 117 cm³/mol. The zero-order valence-electron chi connectivity index (χ0n) is 16.6. The summed E-state index contributed by atoms with van der Waals surface area (Å²) in [5.74, 6) is 0.0448. The molecular formula is C23H17ClFN5O. The minimum Gasteiger partial charge on any atom is -0.489 e. The maximum absolute atomic E-state index is 15.3. The molecule has 4 aromatic rings. The summed E-state index contributed by atoms with van der Waals surface area (Å²) in [6, 6.07) is 12.7. The van der Waals surface area contributed by atoms with Gasteiger partial charge in [0.2, 0.25) is 0 Å². The van der Waals surface area contributed by atoms with Crippen molar-refractivity contribution in [2.45, 2.75) is 18.9 Å². The maximum Gasteiger partial charge on any atom is 0.152 e. The molecule has 0 amide bonds. The van der Waals surface area contributed by atoms with Crippen LogP contribution >= 0.6 is 11.6 Å². The number of pyridine rings is 1. The largest absolute Gasteiger partial charge is 0.489 e. The predicted octanol–water partition coefficient (Wildman–Crippen LogP) is 5.09. The second-order valence-electron chi connectivity index (χ2n) is 7.52. The number of rotatable bonds is 4. The number of nitriles is 1. The molecular weight excluding hydrogens is 417 g/mol. The normalized spacial score (nSPS) is 13.4. The van der Waals surface area contributed by atoms with E-state index < -0.39 is 5.82 Å². The monoisotopic (exact) mass is 433 g/mol. The van der Waals surface area contributed by atoms with Gasteiger partial charge < -0.3 is 10.5 Å². The first-order valence-corrected chi connectivity index (χ1v) is 10.1. The molecule has 0 saturated heterocycles. The number of benzene rings is 2. The quantitative estimate of drug-likeness (QED) is 0.484. The third-order valence-electron chi connectivity index (χ3n) is 5.31. The summed E-state index contributed by atoms with van der Waals surface area (Å²) in [4.78, 5) is 4.31. The molecule has 8 heteroatoms. The van der Waals surface area contributed by atoms with Crippen molar-refractivity contribution in [1.82, 2.24) is 14.8 Å². The Morgan fingerprint density at radius 2 is 2.06 bits per heavy atom. The molecule has 1 saturated carbocycles. The highest BCUT2D eigenvalue weighted by Gasteiger charge is 2.29. The number of ether oxygens (including phenoxy) is 1. The molecule has 2 heterocycles. The fourth-order valence-electron chi connectivity index (χ4n) is 3.65. The highest BCUT2D eigenvalue weighted by atomic mass is 35.5. The molecule has 6 nitrogen and oxygen atoms in total. The summed E-state index contributed by atoms with van der Waals surface area (Å²) in [6.07, 6.45) is 3.49. The van der Waals surface area contributed by atoms with Crippen molar-refractivity contribution in [2.24, 2.45) is 7.05 Å². The van der Waals surface area contributed by atoms with Crippen LogP contribution in [0.1, 0.15) is 18.4 Å². The summed E-state index contributed by atoms with van der Waals surface area (Å²) in [5, 5.41) is 15.0. The number of aromatic nitrogens is 3. The number of aryl methyl sites for hydroxylation is 1. The van der Waals surface area contributed by atoms with Gasteiger partial charge in [0.15, 0.2) is 5.82 Å². The number of nitrogens with zero attached hydrogens (tertiary/aromatic N) is 4. The van der Waals surface area contributed by atoms with Gasteiger partial charge in [-0.05, 0) is 42.7 Å². The average molecular weight is 434 g/mol. The van der Waals surface area contributed by atoms with Crippen molar-refractivity contribution in [1.29, 1.82) is 5.26 Å². The van der Waals surface area contributed by atoms with Gasteiger partial charge in [-0.25, -0.2) is 9.37 Å². The lowest BCUT2D eigenvalue weighted by molar-refractivity contribution is 0.302. The van der Waals surface area contributed by atoms with Crippen LogP contribution in [0.15, 0.2) is 42.6 Å². The van der Waals surface area contributed by atoms with E-state index in [4.69, 9.17) is 22.1 Å². The summed E-state index contributed by atoms with van der Waals surface area (Å²) in [5.41, 5.74) is 8.62. The van der Waals surface area contributed by atoms with Crippen LogP contribution in [-0.2, 0) is 7.05 Å². The van der Waals surface area contributed by atoms with Crippen LogP contribution < -0.4 is 10.5 Å². The Balaban J connectivity index is 1.73. The minimum absolute atomic E-state index is 0.0351. The molecule has 0 unspecified atom stereocenters. The first-order valence-electron chi connectivity index (χ1n) is 9.74. The second kappa shape index (κ2) is 7.25. The van der Waals surface area contributed by atoms with E-state index in [1.165, 1.54) is 10.7 Å². The van der Waals surface area contributed by atoms with E-state index >= 15 is 4.39 Å². The molecule has 1 aliphatic rings. The van der Waals surface area contributed by atoms with E-state index in [-0.39, 0.29) is 28.0 Å². The molecule has 5 rings (SSSR count). The van der Waals surface area contributed by atoms with E-state index in [0.29, 0.717) is 17.1 Å². The Morgan fingerprint density at radius 1 is 1.26 bits per heavy atom. The first-order chi connectivity index (χ1) is 15.0. The molecule has 0 atom stereocenters. The van der Waals surface area contributed by atoms with Gasteiger partial charge in [0.05, 0.1) is 34.1 Å². The van der Waals surface area contributed by atoms with Gasteiger partial charge in [-0.1, -0.05) is 17.7 Å². The highest BCUT2D eigenvalue weighted by Crippen LogP contribution is 2.42. The fraction of sp³-hybridized carbons (Fsp3) is 0.174. The van der Waals surface area contributed by atoms with Crippen molar-refractivity contribution in [3.05, 3.63) is 59.0 Å². The number of nitrogens with two attached hydrogens (primary N) is 1. The summed E-state index contributed by atoms with van der Waals surface area (Å²) in [6.45, 7) is 0. The Morgan fingerprint density at radius 3 is 2.81 bits per heavy atom. The maximum atomic E-state index is 15.3. The Bertz CT molecular complexity index is 1390. The van der Waals surface area contributed by atoms with Crippen molar-refractivity contribution >= 4 is 28.3 Å². The number of anilines is 1. The lowest BCUT2D eigenvalue weighted by Gasteiger charge is -2.15. The zero-order valence-corrected chi connectivity index (χ0v) is 17.3. The average Bonchev–Trinajstić information content (AvgIpc) is 3.49. The van der Waals surface area contributed by atoms with E-state index in [2.05, 4.69) is 16.2 Å². The third-order valence-corrected chi connectivity index (χ3v) is 5.59. The zero-order chi connectivity index (χ0) is 21.7. The lowest BCUT2D eigenvalue weighted by atomic mass is 9.96. The molecule has 2 aromatic carbocycles. The van der Waals surface area contributed by atoms with E-state index in [0.717, 1.165) is 29.3 Å². The molecule has 1 aliphatic carbocycles. The van der Waals surface area contributed by atoms with E-state index in [1.807, 2.05) is 24.3 Å². The van der Waals surface area contributed by atoms with Gasteiger partial charge in [-0.3, -0.25) is 4.68 Å². The molecule has 0 aliphatic heterocycles. The van der Waals surface area contributed by atoms with Crippen LogP contribution in [0.4, 0.5) is 10.2 Å². The van der Waals surface area contributed by atoms with Crippen molar-refractivity contribution in [2.75, 3.05) is 5.73 Å². The molecule has 0 spiro atoms. The van der Waals surface area contributed by atoms with Crippen molar-refractivity contribution in [3.8, 4) is 34.2 Å². The standard InChI is InChI=1S/C23H17ClFN5O/c1-30-23(21-15(10-26)19(31-14-4-5-14)9-17(24)22(21)25)16(11-28-30)12-2-6-18-13(8-12)3-7-20(27)29-18/h2-3,6-9,11,14H,4-5H2,1H3,(H2,27,29). The van der Waals surface area contributed by atoms with E-state index in [9.17, 15) is 5.26 Å². The Labute approximate surface area is 182 Å². The topological polar surface area (TPSA) is 89.8 Å². The second-order valence-corrected chi connectivity index (χ2v) is 7.93. The van der Waals surface area contributed by atoms with Crippen LogP contribution in [0.3, 0.4) is 0 Å². The summed E-state index contributed by atoms with van der Waals surface area (Å²) < 4.78 is 22.7. The molecule has 1 fully saturated rings. The number of hydrogen-bond acceptors (Lipinski definition) is 5. The Hall–Kier alpha value is -3.63. The smallest absolute Gasteiger partial charge is 0.152 e. The van der Waals surface area contributed by atoms with Crippen molar-refractivity contribution < 1.29 is 9.13 Å². The molecule has 31 heavy (non-hydrogen) atoms. The van der Waals surface area contributed by atoms with Crippen LogP contribution in [0, 0.1) is 17.1 Å². The first kappa shape index (κ1) is 19.3. The number of nitrogen functional groups attached to an aromatic ring is 1. The van der Waals surface area contributed by atoms with Gasteiger partial charge in [0.1, 0.15) is 23.2 Å².